The molecular formula is C12H8Br2N2O3. The Morgan fingerprint density at radius 3 is 2.74 bits per heavy atom. The smallest absolute Gasteiger partial charge is 0.311 e. The van der Waals surface area contributed by atoms with Gasteiger partial charge in [-0.2, -0.15) is 0 Å². The number of pyridine rings is 1. The zero-order valence-corrected chi connectivity index (χ0v) is 12.7. The van der Waals surface area contributed by atoms with Crippen LogP contribution in [0.15, 0.2) is 41.1 Å². The van der Waals surface area contributed by atoms with Gasteiger partial charge in [0.15, 0.2) is 0 Å². The van der Waals surface area contributed by atoms with Crippen LogP contribution < -0.4 is 4.74 Å². The highest BCUT2D eigenvalue weighted by Crippen LogP contribution is 2.33. The third-order valence-electron chi connectivity index (χ3n) is 2.28. The van der Waals surface area contributed by atoms with Crippen molar-refractivity contribution >= 4 is 37.5 Å². The molecule has 2 aromatic rings. The lowest BCUT2D eigenvalue weighted by atomic mass is 10.2. The first kappa shape index (κ1) is 14.0. The van der Waals surface area contributed by atoms with Crippen LogP contribution in [0.1, 0.15) is 5.56 Å². The number of hydrogen-bond acceptors (Lipinski definition) is 4. The lowest BCUT2D eigenvalue weighted by Crippen LogP contribution is -1.95. The molecule has 0 radical (unpaired) electrons. The van der Waals surface area contributed by atoms with Gasteiger partial charge in [0.2, 0.25) is 5.75 Å². The summed E-state index contributed by atoms with van der Waals surface area (Å²) in [6.45, 7) is 0. The van der Waals surface area contributed by atoms with Crippen molar-refractivity contribution in [2.75, 3.05) is 0 Å². The SMILES string of the molecule is O=[N+]([O-])c1cc(CBr)ccc1Oc1cncc(Br)c1. The van der Waals surface area contributed by atoms with E-state index < -0.39 is 4.92 Å². The lowest BCUT2D eigenvalue weighted by Gasteiger charge is -2.07. The molecule has 0 aliphatic carbocycles. The molecule has 0 fully saturated rings. The molecule has 0 aliphatic heterocycles. The molecule has 0 spiro atoms. The maximum Gasteiger partial charge on any atom is 0.311 e. The summed E-state index contributed by atoms with van der Waals surface area (Å²) in [7, 11) is 0. The summed E-state index contributed by atoms with van der Waals surface area (Å²) >= 11 is 6.53. The van der Waals surface area contributed by atoms with Gasteiger partial charge >= 0.3 is 5.69 Å². The Bertz CT molecular complexity index is 620. The molecule has 5 nitrogen and oxygen atoms in total. The second-order valence-corrected chi connectivity index (χ2v) is 5.11. The zero-order chi connectivity index (χ0) is 13.8. The fourth-order valence-electron chi connectivity index (χ4n) is 1.45. The van der Waals surface area contributed by atoms with Crippen molar-refractivity contribution in [3.8, 4) is 11.5 Å². The first-order valence-electron chi connectivity index (χ1n) is 5.22. The van der Waals surface area contributed by atoms with Gasteiger partial charge < -0.3 is 4.74 Å². The number of benzene rings is 1. The van der Waals surface area contributed by atoms with Crippen LogP contribution in [-0.2, 0) is 5.33 Å². The van der Waals surface area contributed by atoms with E-state index >= 15 is 0 Å². The molecule has 2 rings (SSSR count). The van der Waals surface area contributed by atoms with Gasteiger partial charge in [0, 0.05) is 22.1 Å². The van der Waals surface area contributed by atoms with Gasteiger partial charge in [0.25, 0.3) is 0 Å². The van der Waals surface area contributed by atoms with E-state index in [1.54, 1.807) is 24.4 Å². The molecule has 0 N–H and O–H groups in total. The minimum Gasteiger partial charge on any atom is -0.448 e. The Morgan fingerprint density at radius 2 is 2.11 bits per heavy atom. The number of ether oxygens (including phenoxy) is 1. The topological polar surface area (TPSA) is 65.3 Å². The van der Waals surface area contributed by atoms with Crippen LogP contribution in [0.5, 0.6) is 11.5 Å². The number of aromatic nitrogens is 1. The number of halogens is 2. The summed E-state index contributed by atoms with van der Waals surface area (Å²) in [5, 5.41) is 11.6. The minimum absolute atomic E-state index is 0.0723. The van der Waals surface area contributed by atoms with E-state index in [-0.39, 0.29) is 11.4 Å². The van der Waals surface area contributed by atoms with Gasteiger partial charge in [-0.15, -0.1) is 0 Å². The molecule has 1 aromatic heterocycles. The van der Waals surface area contributed by atoms with Crippen molar-refractivity contribution in [3.05, 3.63) is 56.8 Å². The van der Waals surface area contributed by atoms with Gasteiger partial charge in [-0.25, -0.2) is 0 Å². The summed E-state index contributed by atoms with van der Waals surface area (Å²) in [4.78, 5) is 14.5. The number of nitro benzene ring substituents is 1. The monoisotopic (exact) mass is 386 g/mol. The van der Waals surface area contributed by atoms with E-state index in [0.29, 0.717) is 11.1 Å². The number of rotatable bonds is 4. The van der Waals surface area contributed by atoms with Crippen molar-refractivity contribution < 1.29 is 9.66 Å². The highest BCUT2D eigenvalue weighted by Gasteiger charge is 2.16. The largest absolute Gasteiger partial charge is 0.448 e. The molecule has 1 aromatic carbocycles. The van der Waals surface area contributed by atoms with Crippen LogP contribution in [0.25, 0.3) is 0 Å². The van der Waals surface area contributed by atoms with E-state index in [0.717, 1.165) is 10.0 Å². The molecular weight excluding hydrogens is 380 g/mol. The third-order valence-corrected chi connectivity index (χ3v) is 3.36. The van der Waals surface area contributed by atoms with Gasteiger partial charge in [-0.05, 0) is 33.6 Å². The summed E-state index contributed by atoms with van der Waals surface area (Å²) < 4.78 is 6.24. The Balaban J connectivity index is 2.36. The molecule has 0 bridgehead atoms. The Labute approximate surface area is 126 Å². The summed E-state index contributed by atoms with van der Waals surface area (Å²) in [6, 6.07) is 6.52. The lowest BCUT2D eigenvalue weighted by molar-refractivity contribution is -0.385. The maximum atomic E-state index is 11.0. The molecule has 0 aliphatic rings. The fraction of sp³-hybridized carbons (Fsp3) is 0.0833. The molecule has 1 heterocycles. The van der Waals surface area contributed by atoms with Gasteiger partial charge in [-0.1, -0.05) is 22.0 Å². The standard InChI is InChI=1S/C12H8Br2N2O3/c13-5-8-1-2-12(11(3-8)16(17)18)19-10-4-9(14)6-15-7-10/h1-4,6-7H,5H2. The van der Waals surface area contributed by atoms with Crippen molar-refractivity contribution in [1.29, 1.82) is 0 Å². The van der Waals surface area contributed by atoms with E-state index in [2.05, 4.69) is 36.8 Å². The van der Waals surface area contributed by atoms with Gasteiger partial charge in [0.1, 0.15) is 5.75 Å². The van der Waals surface area contributed by atoms with Crippen LogP contribution in [0.3, 0.4) is 0 Å². The van der Waals surface area contributed by atoms with E-state index in [1.807, 2.05) is 0 Å². The van der Waals surface area contributed by atoms with Crippen molar-refractivity contribution in [1.82, 2.24) is 4.98 Å². The normalized spacial score (nSPS) is 10.2. The number of nitro groups is 1. The van der Waals surface area contributed by atoms with Crippen LogP contribution in [0.4, 0.5) is 5.69 Å². The second-order valence-electron chi connectivity index (χ2n) is 3.63. The van der Waals surface area contributed by atoms with Crippen LogP contribution >= 0.6 is 31.9 Å². The van der Waals surface area contributed by atoms with Crippen LogP contribution in [-0.4, -0.2) is 9.91 Å². The predicted molar refractivity (Wildman–Crippen MR) is 77.7 cm³/mol. The van der Waals surface area contributed by atoms with Crippen LogP contribution in [0, 0.1) is 10.1 Å². The molecule has 0 unspecified atom stereocenters. The molecule has 7 heteroatoms. The Morgan fingerprint density at radius 1 is 1.32 bits per heavy atom. The second kappa shape index (κ2) is 6.12. The Hall–Kier alpha value is -1.47. The number of alkyl halides is 1. The van der Waals surface area contributed by atoms with Gasteiger partial charge in [0.05, 0.1) is 11.1 Å². The molecule has 19 heavy (non-hydrogen) atoms. The van der Waals surface area contributed by atoms with E-state index in [1.165, 1.54) is 12.3 Å². The summed E-state index contributed by atoms with van der Waals surface area (Å²) in [5.41, 5.74) is 0.739. The first-order chi connectivity index (χ1) is 9.10. The molecule has 0 saturated carbocycles. The number of nitrogens with zero attached hydrogens (tertiary/aromatic N) is 2. The average Bonchev–Trinajstić information content (AvgIpc) is 2.39. The molecule has 0 amide bonds. The molecule has 0 atom stereocenters. The predicted octanol–water partition coefficient (Wildman–Crippen LogP) is 4.44. The highest BCUT2D eigenvalue weighted by molar-refractivity contribution is 9.10. The minimum atomic E-state index is -0.465. The van der Waals surface area contributed by atoms with E-state index in [4.69, 9.17) is 4.74 Å². The maximum absolute atomic E-state index is 11.0. The summed E-state index contributed by atoms with van der Waals surface area (Å²) in [5.74, 6) is 0.624. The van der Waals surface area contributed by atoms with Gasteiger partial charge in [-0.3, -0.25) is 15.1 Å². The summed E-state index contributed by atoms with van der Waals surface area (Å²) in [6.07, 6.45) is 3.10. The van der Waals surface area contributed by atoms with Crippen molar-refractivity contribution in [2.45, 2.75) is 5.33 Å². The third kappa shape index (κ3) is 3.51. The highest BCUT2D eigenvalue weighted by atomic mass is 79.9. The molecule has 0 saturated heterocycles. The fourth-order valence-corrected chi connectivity index (χ4v) is 2.14. The zero-order valence-electron chi connectivity index (χ0n) is 9.55. The molecule has 98 valence electrons. The number of hydrogen-bond donors (Lipinski definition) is 0. The van der Waals surface area contributed by atoms with Crippen molar-refractivity contribution in [2.24, 2.45) is 0 Å². The quantitative estimate of drug-likeness (QED) is 0.442. The van der Waals surface area contributed by atoms with E-state index in [9.17, 15) is 10.1 Å². The Kier molecular flexibility index (Phi) is 4.49. The van der Waals surface area contributed by atoms with Crippen LogP contribution in [0.2, 0.25) is 0 Å². The average molecular weight is 388 g/mol. The first-order valence-corrected chi connectivity index (χ1v) is 7.13. The van der Waals surface area contributed by atoms with Crippen molar-refractivity contribution in [3.63, 3.8) is 0 Å².